The van der Waals surface area contributed by atoms with E-state index in [9.17, 15) is 4.79 Å². The van der Waals surface area contributed by atoms with Gasteiger partial charge in [-0.1, -0.05) is 0 Å². The minimum atomic E-state index is 0.0700. The normalized spacial score (nSPS) is 26.0. The van der Waals surface area contributed by atoms with Gasteiger partial charge < -0.3 is 4.74 Å². The third-order valence-corrected chi connectivity index (χ3v) is 2.98. The van der Waals surface area contributed by atoms with Crippen LogP contribution in [0.2, 0.25) is 0 Å². The van der Waals surface area contributed by atoms with Gasteiger partial charge in [0.25, 0.3) is 0 Å². The molecule has 2 atom stereocenters. The zero-order valence-electron chi connectivity index (χ0n) is 9.35. The van der Waals surface area contributed by atoms with Gasteiger partial charge in [-0.3, -0.25) is 9.13 Å². The standard InChI is InChI=1S/C11H18N2O2/c1-3-12-6-7-13(11(12)14)8-10-5-4-9(2)15-10/h6-7,9-10H,3-5,8H2,1-2H3. The van der Waals surface area contributed by atoms with Crippen LogP contribution in [-0.2, 0) is 17.8 Å². The number of ether oxygens (including phenoxy) is 1. The summed E-state index contributed by atoms with van der Waals surface area (Å²) in [6.07, 6.45) is 6.40. The van der Waals surface area contributed by atoms with Crippen LogP contribution in [0.4, 0.5) is 0 Å². The molecule has 4 heteroatoms. The summed E-state index contributed by atoms with van der Waals surface area (Å²) in [5, 5.41) is 0. The maximum atomic E-state index is 11.7. The highest BCUT2D eigenvalue weighted by Crippen LogP contribution is 2.19. The van der Waals surface area contributed by atoms with E-state index >= 15 is 0 Å². The Bertz CT molecular complexity index is 380. The van der Waals surface area contributed by atoms with Crippen molar-refractivity contribution in [3.63, 3.8) is 0 Å². The Morgan fingerprint density at radius 1 is 1.40 bits per heavy atom. The van der Waals surface area contributed by atoms with Crippen LogP contribution in [0.15, 0.2) is 17.2 Å². The molecule has 0 amide bonds. The third kappa shape index (κ3) is 2.15. The number of aryl methyl sites for hydroxylation is 1. The van der Waals surface area contributed by atoms with Crippen LogP contribution in [-0.4, -0.2) is 21.3 Å². The first-order valence-corrected chi connectivity index (χ1v) is 5.61. The van der Waals surface area contributed by atoms with Gasteiger partial charge >= 0.3 is 5.69 Å². The molecule has 0 radical (unpaired) electrons. The molecule has 0 aromatic carbocycles. The van der Waals surface area contributed by atoms with Crippen LogP contribution < -0.4 is 5.69 Å². The molecule has 84 valence electrons. The van der Waals surface area contributed by atoms with E-state index in [1.54, 1.807) is 9.13 Å². The van der Waals surface area contributed by atoms with Crippen LogP contribution in [0.5, 0.6) is 0 Å². The number of nitrogens with zero attached hydrogens (tertiary/aromatic N) is 2. The number of rotatable bonds is 3. The monoisotopic (exact) mass is 210 g/mol. The summed E-state index contributed by atoms with van der Waals surface area (Å²) in [5.41, 5.74) is 0.0700. The molecule has 1 saturated heterocycles. The average Bonchev–Trinajstić information content (AvgIpc) is 2.76. The van der Waals surface area contributed by atoms with Gasteiger partial charge in [-0.2, -0.15) is 0 Å². The van der Waals surface area contributed by atoms with Crippen LogP contribution >= 0.6 is 0 Å². The van der Waals surface area contributed by atoms with Crippen molar-refractivity contribution in [1.29, 1.82) is 0 Å². The van der Waals surface area contributed by atoms with Crippen molar-refractivity contribution in [2.45, 2.75) is 52.0 Å². The second-order valence-electron chi connectivity index (χ2n) is 4.17. The smallest absolute Gasteiger partial charge is 0.328 e. The largest absolute Gasteiger partial charge is 0.373 e. The number of aromatic nitrogens is 2. The summed E-state index contributed by atoms with van der Waals surface area (Å²) in [6, 6.07) is 0. The van der Waals surface area contributed by atoms with Crippen molar-refractivity contribution in [2.75, 3.05) is 0 Å². The van der Waals surface area contributed by atoms with Crippen molar-refractivity contribution >= 4 is 0 Å². The third-order valence-electron chi connectivity index (χ3n) is 2.98. The molecule has 1 aliphatic heterocycles. The van der Waals surface area contributed by atoms with Gasteiger partial charge in [-0.25, -0.2) is 4.79 Å². The Morgan fingerprint density at radius 3 is 2.67 bits per heavy atom. The molecule has 0 N–H and O–H groups in total. The molecule has 1 aromatic heterocycles. The Kier molecular flexibility index (Phi) is 2.95. The van der Waals surface area contributed by atoms with Crippen LogP contribution in [0.1, 0.15) is 26.7 Å². The molecule has 0 saturated carbocycles. The van der Waals surface area contributed by atoms with Gasteiger partial charge in [0.15, 0.2) is 0 Å². The maximum Gasteiger partial charge on any atom is 0.328 e. The zero-order chi connectivity index (χ0) is 10.8. The van der Waals surface area contributed by atoms with E-state index < -0.39 is 0 Å². The maximum absolute atomic E-state index is 11.7. The summed E-state index contributed by atoms with van der Waals surface area (Å²) < 4.78 is 9.14. The van der Waals surface area contributed by atoms with E-state index in [1.165, 1.54) is 0 Å². The van der Waals surface area contributed by atoms with E-state index in [2.05, 4.69) is 6.92 Å². The van der Waals surface area contributed by atoms with Crippen molar-refractivity contribution in [3.8, 4) is 0 Å². The Balaban J connectivity index is 2.05. The SMILES string of the molecule is CCn1ccn(CC2CCC(C)O2)c1=O. The fourth-order valence-corrected chi connectivity index (χ4v) is 2.07. The van der Waals surface area contributed by atoms with Gasteiger partial charge in [0.05, 0.1) is 18.8 Å². The van der Waals surface area contributed by atoms with Crippen LogP contribution in [0.25, 0.3) is 0 Å². The van der Waals surface area contributed by atoms with E-state index in [1.807, 2.05) is 19.3 Å². The van der Waals surface area contributed by atoms with Gasteiger partial charge in [-0.15, -0.1) is 0 Å². The first-order valence-electron chi connectivity index (χ1n) is 5.61. The lowest BCUT2D eigenvalue weighted by Gasteiger charge is -2.10. The first-order chi connectivity index (χ1) is 7.20. The summed E-state index contributed by atoms with van der Waals surface area (Å²) in [7, 11) is 0. The zero-order valence-corrected chi connectivity index (χ0v) is 9.35. The predicted octanol–water partition coefficient (Wildman–Crippen LogP) is 1.24. The van der Waals surface area contributed by atoms with Crippen LogP contribution in [0.3, 0.4) is 0 Å². The van der Waals surface area contributed by atoms with Gasteiger partial charge in [-0.05, 0) is 26.7 Å². The van der Waals surface area contributed by atoms with Gasteiger partial charge in [0, 0.05) is 18.9 Å². The molecule has 2 heterocycles. The van der Waals surface area contributed by atoms with Crippen molar-refractivity contribution < 1.29 is 4.74 Å². The Morgan fingerprint density at radius 2 is 2.13 bits per heavy atom. The van der Waals surface area contributed by atoms with Crippen molar-refractivity contribution in [1.82, 2.24) is 9.13 Å². The highest BCUT2D eigenvalue weighted by molar-refractivity contribution is 4.83. The highest BCUT2D eigenvalue weighted by atomic mass is 16.5. The fraction of sp³-hybridized carbons (Fsp3) is 0.727. The molecule has 0 spiro atoms. The quantitative estimate of drug-likeness (QED) is 0.752. The molecule has 2 unspecified atom stereocenters. The predicted molar refractivity (Wildman–Crippen MR) is 57.9 cm³/mol. The highest BCUT2D eigenvalue weighted by Gasteiger charge is 2.22. The van der Waals surface area contributed by atoms with E-state index in [-0.39, 0.29) is 11.8 Å². The lowest BCUT2D eigenvalue weighted by molar-refractivity contribution is 0.0451. The number of hydrogen-bond donors (Lipinski definition) is 0. The minimum Gasteiger partial charge on any atom is -0.373 e. The molecule has 15 heavy (non-hydrogen) atoms. The van der Waals surface area contributed by atoms with Crippen LogP contribution in [0, 0.1) is 0 Å². The van der Waals surface area contributed by atoms with E-state index in [4.69, 9.17) is 4.74 Å². The Hall–Kier alpha value is -1.03. The molecule has 4 nitrogen and oxygen atoms in total. The molecule has 1 fully saturated rings. The topological polar surface area (TPSA) is 36.2 Å². The van der Waals surface area contributed by atoms with Gasteiger partial charge in [0.1, 0.15) is 0 Å². The lowest BCUT2D eigenvalue weighted by atomic mass is 10.2. The first kappa shape index (κ1) is 10.5. The summed E-state index contributed by atoms with van der Waals surface area (Å²) in [4.78, 5) is 11.7. The molecule has 1 aliphatic rings. The molecule has 2 rings (SSSR count). The molecular formula is C11H18N2O2. The lowest BCUT2D eigenvalue weighted by Crippen LogP contribution is -2.28. The molecule has 1 aromatic rings. The molecule has 0 aliphatic carbocycles. The second kappa shape index (κ2) is 4.23. The summed E-state index contributed by atoms with van der Waals surface area (Å²) in [6.45, 7) is 5.48. The molecule has 0 bridgehead atoms. The number of imidazole rings is 1. The second-order valence-corrected chi connectivity index (χ2v) is 4.17. The minimum absolute atomic E-state index is 0.0700. The number of hydrogen-bond acceptors (Lipinski definition) is 2. The van der Waals surface area contributed by atoms with Crippen molar-refractivity contribution in [3.05, 3.63) is 22.9 Å². The van der Waals surface area contributed by atoms with Crippen molar-refractivity contribution in [2.24, 2.45) is 0 Å². The Labute approximate surface area is 89.5 Å². The summed E-state index contributed by atoms with van der Waals surface area (Å²) >= 11 is 0. The van der Waals surface area contributed by atoms with E-state index in [0.29, 0.717) is 12.6 Å². The fourth-order valence-electron chi connectivity index (χ4n) is 2.07. The summed E-state index contributed by atoms with van der Waals surface area (Å²) in [5.74, 6) is 0. The molecular weight excluding hydrogens is 192 g/mol. The van der Waals surface area contributed by atoms with E-state index in [0.717, 1.165) is 19.4 Å². The average molecular weight is 210 g/mol. The van der Waals surface area contributed by atoms with Gasteiger partial charge in [0.2, 0.25) is 0 Å².